The topological polar surface area (TPSA) is 56.7 Å². The first-order chi connectivity index (χ1) is 11.6. The van der Waals surface area contributed by atoms with Gasteiger partial charge in [0.25, 0.3) is 0 Å². The first-order valence-corrected chi connectivity index (χ1v) is 7.62. The normalized spacial score (nSPS) is 12.0. The van der Waals surface area contributed by atoms with Crippen molar-refractivity contribution >= 4 is 11.9 Å². The van der Waals surface area contributed by atoms with Crippen LogP contribution in [-0.2, 0) is 11.2 Å². The molecule has 1 aromatic rings. The van der Waals surface area contributed by atoms with Crippen molar-refractivity contribution < 1.29 is 22.4 Å². The van der Waals surface area contributed by atoms with Gasteiger partial charge in [-0.3, -0.25) is 9.79 Å². The predicted octanol–water partition coefficient (Wildman–Crippen LogP) is 1.86. The van der Waals surface area contributed by atoms with Crippen LogP contribution in [0.3, 0.4) is 0 Å². The van der Waals surface area contributed by atoms with Crippen LogP contribution < -0.4 is 10.6 Å². The maximum atomic E-state index is 13.0. The maximum absolute atomic E-state index is 13.0. The fourth-order valence-corrected chi connectivity index (χ4v) is 2.13. The van der Waals surface area contributed by atoms with Crippen molar-refractivity contribution in [2.24, 2.45) is 4.99 Å². The molecule has 25 heavy (non-hydrogen) atoms. The van der Waals surface area contributed by atoms with Gasteiger partial charge in [0, 0.05) is 20.6 Å². The minimum Gasteiger partial charge on any atom is -0.356 e. The van der Waals surface area contributed by atoms with E-state index in [4.69, 9.17) is 0 Å². The van der Waals surface area contributed by atoms with Crippen molar-refractivity contribution in [2.75, 3.05) is 33.7 Å². The van der Waals surface area contributed by atoms with Gasteiger partial charge in [0.2, 0.25) is 5.91 Å². The molecule has 1 rings (SSSR count). The van der Waals surface area contributed by atoms with Crippen LogP contribution in [0.4, 0.5) is 17.6 Å². The van der Waals surface area contributed by atoms with Crippen LogP contribution in [0.25, 0.3) is 0 Å². The third kappa shape index (κ3) is 7.86. The molecule has 0 spiro atoms. The predicted molar refractivity (Wildman–Crippen MR) is 87.9 cm³/mol. The number of nitrogens with one attached hydrogen (secondary N) is 2. The molecule has 0 radical (unpaired) electrons. The third-order valence-electron chi connectivity index (χ3n) is 3.46. The van der Waals surface area contributed by atoms with E-state index in [1.165, 1.54) is 19.2 Å². The number of benzene rings is 1. The molecule has 0 saturated heterocycles. The van der Waals surface area contributed by atoms with Crippen LogP contribution in [-0.4, -0.2) is 56.7 Å². The van der Waals surface area contributed by atoms with Crippen molar-refractivity contribution in [3.05, 3.63) is 35.1 Å². The molecular weight excluding hydrogens is 340 g/mol. The lowest BCUT2D eigenvalue weighted by molar-refractivity contribution is -0.157. The highest BCUT2D eigenvalue weighted by Gasteiger charge is 2.31. The quantitative estimate of drug-likeness (QED) is 0.461. The van der Waals surface area contributed by atoms with E-state index in [0.717, 1.165) is 18.2 Å². The first kappa shape index (κ1) is 20.7. The first-order valence-electron chi connectivity index (χ1n) is 7.62. The highest BCUT2D eigenvalue weighted by Crippen LogP contribution is 2.15. The molecule has 0 aliphatic carbocycles. The zero-order valence-electron chi connectivity index (χ0n) is 14.4. The molecule has 1 aromatic carbocycles. The largest absolute Gasteiger partial charge is 0.406 e. The van der Waals surface area contributed by atoms with Crippen LogP contribution >= 0.6 is 0 Å². The zero-order valence-corrected chi connectivity index (χ0v) is 14.4. The Morgan fingerprint density at radius 1 is 1.28 bits per heavy atom. The monoisotopic (exact) mass is 362 g/mol. The molecule has 0 aliphatic rings. The summed E-state index contributed by atoms with van der Waals surface area (Å²) in [4.78, 5) is 16.2. The van der Waals surface area contributed by atoms with E-state index < -0.39 is 18.6 Å². The van der Waals surface area contributed by atoms with Crippen LogP contribution in [0.1, 0.15) is 11.1 Å². The highest BCUT2D eigenvalue weighted by atomic mass is 19.4. The summed E-state index contributed by atoms with van der Waals surface area (Å²) < 4.78 is 49.8. The van der Waals surface area contributed by atoms with Gasteiger partial charge in [-0.25, -0.2) is 4.39 Å². The summed E-state index contributed by atoms with van der Waals surface area (Å²) in [7, 11) is 2.58. The fraction of sp³-hybridized carbons (Fsp3) is 0.500. The van der Waals surface area contributed by atoms with Gasteiger partial charge < -0.3 is 15.5 Å². The molecule has 2 N–H and O–H groups in total. The number of carbonyl (C=O) groups excluding carboxylic acids is 1. The van der Waals surface area contributed by atoms with Gasteiger partial charge in [0.05, 0.1) is 6.54 Å². The summed E-state index contributed by atoms with van der Waals surface area (Å²) in [6.07, 6.45) is -3.83. The number of aryl methyl sites for hydroxylation is 1. The Hall–Kier alpha value is -2.32. The van der Waals surface area contributed by atoms with Crippen molar-refractivity contribution in [1.29, 1.82) is 0 Å². The number of aliphatic imine (C=N–C) groups is 1. The third-order valence-corrected chi connectivity index (χ3v) is 3.46. The Morgan fingerprint density at radius 2 is 1.96 bits per heavy atom. The van der Waals surface area contributed by atoms with E-state index in [1.54, 1.807) is 13.0 Å². The molecule has 0 fully saturated rings. The number of hydrogen-bond acceptors (Lipinski definition) is 2. The van der Waals surface area contributed by atoms with E-state index in [2.05, 4.69) is 15.6 Å². The van der Waals surface area contributed by atoms with Crippen molar-refractivity contribution in [1.82, 2.24) is 15.5 Å². The summed E-state index contributed by atoms with van der Waals surface area (Å²) in [5.74, 6) is -0.698. The summed E-state index contributed by atoms with van der Waals surface area (Å²) in [6, 6.07) is 4.51. The van der Waals surface area contributed by atoms with Crippen molar-refractivity contribution in [3.63, 3.8) is 0 Å². The van der Waals surface area contributed by atoms with Crippen LogP contribution in [0.2, 0.25) is 0 Å². The number of guanidine groups is 1. The Balaban J connectivity index is 2.41. The van der Waals surface area contributed by atoms with Crippen molar-refractivity contribution in [3.8, 4) is 0 Å². The van der Waals surface area contributed by atoms with Crippen molar-refractivity contribution in [2.45, 2.75) is 19.5 Å². The minimum absolute atomic E-state index is 0.298. The number of likely N-dealkylation sites (N-methyl/N-ethyl adjacent to an activating group) is 1. The van der Waals surface area contributed by atoms with Gasteiger partial charge in [0.1, 0.15) is 12.4 Å². The molecule has 5 nitrogen and oxygen atoms in total. The molecule has 0 saturated carbocycles. The fourth-order valence-electron chi connectivity index (χ4n) is 2.13. The number of carbonyl (C=O) groups is 1. The Morgan fingerprint density at radius 3 is 2.52 bits per heavy atom. The van der Waals surface area contributed by atoms with Gasteiger partial charge in [-0.15, -0.1) is 0 Å². The maximum Gasteiger partial charge on any atom is 0.406 e. The summed E-state index contributed by atoms with van der Waals surface area (Å²) >= 11 is 0. The molecule has 0 aliphatic heterocycles. The Labute approximate surface area is 144 Å². The van der Waals surface area contributed by atoms with E-state index in [9.17, 15) is 22.4 Å². The molecule has 140 valence electrons. The minimum atomic E-state index is -4.43. The second-order valence-electron chi connectivity index (χ2n) is 5.54. The number of hydrogen-bond donors (Lipinski definition) is 2. The lowest BCUT2D eigenvalue weighted by Gasteiger charge is -2.20. The smallest absolute Gasteiger partial charge is 0.356 e. The Kier molecular flexibility index (Phi) is 7.66. The number of rotatable bonds is 6. The Bertz CT molecular complexity index is 617. The van der Waals surface area contributed by atoms with Crippen LogP contribution in [0, 0.1) is 12.7 Å². The number of alkyl halides is 3. The van der Waals surface area contributed by atoms with E-state index >= 15 is 0 Å². The van der Waals surface area contributed by atoms with Gasteiger partial charge in [-0.1, -0.05) is 6.07 Å². The van der Waals surface area contributed by atoms with Crippen LogP contribution in [0.15, 0.2) is 23.2 Å². The number of halogens is 4. The van der Waals surface area contributed by atoms with Gasteiger partial charge in [0.15, 0.2) is 5.96 Å². The highest BCUT2D eigenvalue weighted by molar-refractivity contribution is 5.86. The average Bonchev–Trinajstić information content (AvgIpc) is 2.50. The van der Waals surface area contributed by atoms with Gasteiger partial charge in [-0.05, 0) is 36.6 Å². The summed E-state index contributed by atoms with van der Waals surface area (Å²) in [5.41, 5.74) is 1.79. The standard InChI is InChI=1S/C16H22F4N4O/c1-11-8-13(17)5-4-12(11)6-7-22-15(21-2)23-9-14(25)24(3)10-16(18,19)20/h4-5,8H,6-7,9-10H2,1-3H3,(H2,21,22,23). The second-order valence-corrected chi connectivity index (χ2v) is 5.54. The molecule has 0 heterocycles. The van der Waals surface area contributed by atoms with E-state index in [0.29, 0.717) is 23.8 Å². The molecule has 0 aromatic heterocycles. The molecule has 9 heteroatoms. The molecule has 0 unspecified atom stereocenters. The molecular formula is C16H22F4N4O. The van der Waals surface area contributed by atoms with Gasteiger partial charge >= 0.3 is 6.18 Å². The molecule has 0 atom stereocenters. The number of nitrogens with zero attached hydrogens (tertiary/aromatic N) is 2. The lowest BCUT2D eigenvalue weighted by atomic mass is 10.1. The molecule has 0 bridgehead atoms. The average molecular weight is 362 g/mol. The SMILES string of the molecule is CN=C(NCCc1ccc(F)cc1C)NCC(=O)N(C)CC(F)(F)F. The zero-order chi connectivity index (χ0) is 19.0. The van der Waals surface area contributed by atoms with E-state index in [1.807, 2.05) is 0 Å². The lowest BCUT2D eigenvalue weighted by Crippen LogP contribution is -2.45. The summed E-state index contributed by atoms with van der Waals surface area (Å²) in [6.45, 7) is 0.671. The second kappa shape index (κ2) is 9.24. The van der Waals surface area contributed by atoms with E-state index in [-0.39, 0.29) is 12.4 Å². The van der Waals surface area contributed by atoms with Gasteiger partial charge in [-0.2, -0.15) is 13.2 Å². The molecule has 1 amide bonds. The van der Waals surface area contributed by atoms with Crippen LogP contribution in [0.5, 0.6) is 0 Å². The number of amides is 1. The summed E-state index contributed by atoms with van der Waals surface area (Å²) in [5, 5.41) is 5.62.